The standard InChI is InChI=1S/C16H14BrIN2O/c1-19-13-7-6-11(9-14(13)20(2)16(19)21)15(17)10-4-3-5-12(18)8-10/h3-9,15H,1-2H3. The molecule has 0 fully saturated rings. The van der Waals surface area contributed by atoms with Gasteiger partial charge in [-0.2, -0.15) is 0 Å². The normalized spacial score (nSPS) is 12.8. The van der Waals surface area contributed by atoms with Crippen molar-refractivity contribution in [2.24, 2.45) is 14.1 Å². The molecule has 1 heterocycles. The average Bonchev–Trinajstić information content (AvgIpc) is 2.71. The van der Waals surface area contributed by atoms with Crippen molar-refractivity contribution in [2.45, 2.75) is 4.83 Å². The number of hydrogen-bond acceptors (Lipinski definition) is 1. The lowest BCUT2D eigenvalue weighted by molar-refractivity contribution is 0.795. The van der Waals surface area contributed by atoms with Crippen LogP contribution in [-0.2, 0) is 14.1 Å². The van der Waals surface area contributed by atoms with Crippen LogP contribution in [0.5, 0.6) is 0 Å². The number of fused-ring (bicyclic) bond motifs is 1. The molecule has 21 heavy (non-hydrogen) atoms. The molecule has 0 spiro atoms. The fourth-order valence-electron chi connectivity index (χ4n) is 2.54. The van der Waals surface area contributed by atoms with Crippen LogP contribution < -0.4 is 5.69 Å². The largest absolute Gasteiger partial charge is 0.328 e. The number of aromatic nitrogens is 2. The highest BCUT2D eigenvalue weighted by Gasteiger charge is 2.14. The third-order valence-electron chi connectivity index (χ3n) is 3.73. The van der Waals surface area contributed by atoms with E-state index in [2.05, 4.69) is 74.9 Å². The van der Waals surface area contributed by atoms with Gasteiger partial charge in [0.2, 0.25) is 0 Å². The summed E-state index contributed by atoms with van der Waals surface area (Å²) in [6.07, 6.45) is 0. The Morgan fingerprint density at radius 1 is 1.00 bits per heavy atom. The number of imidazole rings is 1. The number of aryl methyl sites for hydroxylation is 2. The Morgan fingerprint density at radius 3 is 2.38 bits per heavy atom. The minimum atomic E-state index is 0.00234. The topological polar surface area (TPSA) is 26.9 Å². The zero-order valence-electron chi connectivity index (χ0n) is 11.7. The number of alkyl halides is 1. The second-order valence-electron chi connectivity index (χ2n) is 5.07. The molecule has 3 rings (SSSR count). The van der Waals surface area contributed by atoms with Gasteiger partial charge in [-0.05, 0) is 58.0 Å². The number of halogens is 2. The Labute approximate surface area is 144 Å². The van der Waals surface area contributed by atoms with Crippen LogP contribution in [0.25, 0.3) is 11.0 Å². The monoisotopic (exact) mass is 456 g/mol. The third-order valence-corrected chi connectivity index (χ3v) is 5.46. The lowest BCUT2D eigenvalue weighted by atomic mass is 10.0. The van der Waals surface area contributed by atoms with Gasteiger partial charge in [0.1, 0.15) is 0 Å². The smallest absolute Gasteiger partial charge is 0.295 e. The minimum Gasteiger partial charge on any atom is -0.295 e. The van der Waals surface area contributed by atoms with Crippen molar-refractivity contribution >= 4 is 49.6 Å². The van der Waals surface area contributed by atoms with Crippen LogP contribution in [0.2, 0.25) is 0 Å². The van der Waals surface area contributed by atoms with Crippen LogP contribution in [0, 0.1) is 3.57 Å². The molecule has 0 saturated heterocycles. The Morgan fingerprint density at radius 2 is 1.67 bits per heavy atom. The highest BCUT2D eigenvalue weighted by atomic mass is 127. The summed E-state index contributed by atoms with van der Waals surface area (Å²) in [6, 6.07) is 14.6. The first kappa shape index (κ1) is 14.8. The van der Waals surface area contributed by atoms with E-state index >= 15 is 0 Å². The lowest BCUT2D eigenvalue weighted by Crippen LogP contribution is -2.19. The summed E-state index contributed by atoms with van der Waals surface area (Å²) in [5.74, 6) is 0. The molecule has 0 aliphatic rings. The van der Waals surface area contributed by atoms with E-state index in [1.807, 2.05) is 13.1 Å². The fraction of sp³-hybridized carbons (Fsp3) is 0.188. The SMILES string of the molecule is Cn1c(=O)n(C)c2cc(C(Br)c3cccc(I)c3)ccc21. The second kappa shape index (κ2) is 5.61. The first-order valence-electron chi connectivity index (χ1n) is 6.54. The molecule has 1 atom stereocenters. The summed E-state index contributed by atoms with van der Waals surface area (Å²) in [6.45, 7) is 0. The van der Waals surface area contributed by atoms with Crippen LogP contribution in [-0.4, -0.2) is 9.13 Å². The lowest BCUT2D eigenvalue weighted by Gasteiger charge is -2.11. The van der Waals surface area contributed by atoms with Crippen LogP contribution in [0.15, 0.2) is 47.3 Å². The predicted molar refractivity (Wildman–Crippen MR) is 98.1 cm³/mol. The second-order valence-corrected chi connectivity index (χ2v) is 7.23. The van der Waals surface area contributed by atoms with Crippen molar-refractivity contribution in [1.29, 1.82) is 0 Å². The van der Waals surface area contributed by atoms with Crippen molar-refractivity contribution in [3.8, 4) is 0 Å². The number of rotatable bonds is 2. The first-order chi connectivity index (χ1) is 9.99. The van der Waals surface area contributed by atoms with Crippen molar-refractivity contribution in [3.05, 3.63) is 67.6 Å². The summed E-state index contributed by atoms with van der Waals surface area (Å²) in [7, 11) is 3.61. The first-order valence-corrected chi connectivity index (χ1v) is 8.53. The Hall–Kier alpha value is -1.08. The molecule has 108 valence electrons. The van der Waals surface area contributed by atoms with Gasteiger partial charge in [0.15, 0.2) is 0 Å². The summed E-state index contributed by atoms with van der Waals surface area (Å²) < 4.78 is 4.57. The quantitative estimate of drug-likeness (QED) is 0.423. The minimum absolute atomic E-state index is 0.00234. The summed E-state index contributed by atoms with van der Waals surface area (Å²) in [4.78, 5) is 12.1. The van der Waals surface area contributed by atoms with Gasteiger partial charge in [-0.3, -0.25) is 9.13 Å². The zero-order valence-corrected chi connectivity index (χ0v) is 15.4. The molecular formula is C16H14BrIN2O. The zero-order chi connectivity index (χ0) is 15.1. The van der Waals surface area contributed by atoms with Gasteiger partial charge >= 0.3 is 5.69 Å². The van der Waals surface area contributed by atoms with E-state index in [9.17, 15) is 4.79 Å². The van der Waals surface area contributed by atoms with Gasteiger partial charge in [0, 0.05) is 17.7 Å². The van der Waals surface area contributed by atoms with Gasteiger partial charge in [0.25, 0.3) is 0 Å². The molecule has 0 radical (unpaired) electrons. The molecule has 0 amide bonds. The predicted octanol–water partition coefficient (Wildman–Crippen LogP) is 3.97. The van der Waals surface area contributed by atoms with Gasteiger partial charge in [-0.15, -0.1) is 0 Å². The maximum atomic E-state index is 12.0. The molecule has 3 nitrogen and oxygen atoms in total. The average molecular weight is 457 g/mol. The molecule has 1 aromatic heterocycles. The number of hydrogen-bond donors (Lipinski definition) is 0. The molecule has 0 bridgehead atoms. The van der Waals surface area contributed by atoms with E-state index < -0.39 is 0 Å². The Kier molecular flexibility index (Phi) is 3.96. The summed E-state index contributed by atoms with van der Waals surface area (Å²) in [5.41, 5.74) is 4.26. The van der Waals surface area contributed by atoms with E-state index in [1.54, 1.807) is 16.2 Å². The Bertz CT molecular complexity index is 882. The fourth-order valence-corrected chi connectivity index (χ4v) is 3.67. The van der Waals surface area contributed by atoms with Gasteiger partial charge in [0.05, 0.1) is 15.9 Å². The molecule has 0 saturated carbocycles. The number of benzene rings is 2. The molecule has 1 unspecified atom stereocenters. The van der Waals surface area contributed by atoms with Crippen LogP contribution in [0.1, 0.15) is 16.0 Å². The highest BCUT2D eigenvalue weighted by Crippen LogP contribution is 2.32. The molecule has 0 aliphatic carbocycles. The van der Waals surface area contributed by atoms with E-state index in [4.69, 9.17) is 0 Å². The molecule has 5 heteroatoms. The van der Waals surface area contributed by atoms with Gasteiger partial charge in [-0.1, -0.05) is 34.1 Å². The van der Waals surface area contributed by atoms with E-state index in [0.717, 1.165) is 16.6 Å². The van der Waals surface area contributed by atoms with Crippen molar-refractivity contribution in [2.75, 3.05) is 0 Å². The van der Waals surface area contributed by atoms with Crippen LogP contribution in [0.3, 0.4) is 0 Å². The van der Waals surface area contributed by atoms with Gasteiger partial charge < -0.3 is 0 Å². The number of nitrogens with zero attached hydrogens (tertiary/aromatic N) is 2. The van der Waals surface area contributed by atoms with Crippen LogP contribution >= 0.6 is 38.5 Å². The maximum absolute atomic E-state index is 12.0. The van der Waals surface area contributed by atoms with E-state index in [-0.39, 0.29) is 10.5 Å². The van der Waals surface area contributed by atoms with Gasteiger partial charge in [-0.25, -0.2) is 4.79 Å². The third kappa shape index (κ3) is 2.57. The molecule has 2 aromatic carbocycles. The van der Waals surface area contributed by atoms with E-state index in [0.29, 0.717) is 0 Å². The van der Waals surface area contributed by atoms with E-state index in [1.165, 1.54) is 9.13 Å². The van der Waals surface area contributed by atoms with Crippen molar-refractivity contribution < 1.29 is 0 Å². The molecule has 0 aliphatic heterocycles. The molecular weight excluding hydrogens is 443 g/mol. The highest BCUT2D eigenvalue weighted by molar-refractivity contribution is 14.1. The van der Waals surface area contributed by atoms with Crippen molar-refractivity contribution in [1.82, 2.24) is 9.13 Å². The maximum Gasteiger partial charge on any atom is 0.328 e. The van der Waals surface area contributed by atoms with Crippen molar-refractivity contribution in [3.63, 3.8) is 0 Å². The Balaban J connectivity index is 2.13. The molecule has 0 N–H and O–H groups in total. The summed E-state index contributed by atoms with van der Waals surface area (Å²) >= 11 is 6.08. The summed E-state index contributed by atoms with van der Waals surface area (Å²) in [5, 5.41) is 0. The van der Waals surface area contributed by atoms with Crippen LogP contribution in [0.4, 0.5) is 0 Å². The molecule has 3 aromatic rings.